The first-order valence-electron chi connectivity index (χ1n) is 7.31. The number of amides is 1. The van der Waals surface area contributed by atoms with Gasteiger partial charge in [0.2, 0.25) is 0 Å². The molecule has 0 aliphatic rings. The van der Waals surface area contributed by atoms with E-state index in [1.807, 2.05) is 0 Å². The van der Waals surface area contributed by atoms with E-state index >= 15 is 0 Å². The summed E-state index contributed by atoms with van der Waals surface area (Å²) in [7, 11) is 0. The molecule has 0 saturated heterocycles. The first-order valence-corrected chi connectivity index (χ1v) is 7.31. The molecule has 25 heavy (non-hydrogen) atoms. The van der Waals surface area contributed by atoms with Gasteiger partial charge in [-0.25, -0.2) is 14.5 Å². The average Bonchev–Trinajstić information content (AvgIpc) is 2.99. The van der Waals surface area contributed by atoms with E-state index in [-0.39, 0.29) is 22.6 Å². The molecule has 0 aliphatic carbocycles. The molecule has 3 N–H and O–H groups in total. The van der Waals surface area contributed by atoms with Crippen LogP contribution in [-0.4, -0.2) is 36.9 Å². The van der Waals surface area contributed by atoms with Crippen molar-refractivity contribution in [2.75, 3.05) is 5.32 Å². The third kappa shape index (κ3) is 3.18. The Balaban J connectivity index is 1.89. The van der Waals surface area contributed by atoms with Crippen LogP contribution in [0.3, 0.4) is 0 Å². The minimum Gasteiger partial charge on any atom is -0.506 e. The lowest BCUT2D eigenvalue weighted by molar-refractivity contribution is 0.0696. The number of pyridine rings is 1. The second-order valence-electron chi connectivity index (χ2n) is 5.23. The van der Waals surface area contributed by atoms with Crippen LogP contribution in [0.2, 0.25) is 0 Å². The van der Waals surface area contributed by atoms with Crippen molar-refractivity contribution < 1.29 is 19.8 Å². The quantitative estimate of drug-likeness (QED) is 0.628. The molecule has 0 bridgehead atoms. The third-order valence-electron chi connectivity index (χ3n) is 3.61. The summed E-state index contributed by atoms with van der Waals surface area (Å²) in [5, 5.41) is 25.5. The van der Waals surface area contributed by atoms with Crippen molar-refractivity contribution in [2.24, 2.45) is 0 Å². The summed E-state index contributed by atoms with van der Waals surface area (Å²) < 4.78 is 1.52. The topological polar surface area (TPSA) is 117 Å². The van der Waals surface area contributed by atoms with Gasteiger partial charge in [0.1, 0.15) is 5.75 Å². The zero-order valence-electron chi connectivity index (χ0n) is 13.2. The standard InChI is InChI=1S/C17H14N4O4/c1-10-12(9-19-21(10)15-4-2-3-7-18-15)16(23)20-13-8-11(17(24)25)5-6-14(13)22/h2-9,22H,1H3,(H,20,23)(H,24,25). The van der Waals surface area contributed by atoms with E-state index in [0.717, 1.165) is 0 Å². The number of carboxylic acid groups (broad SMARTS) is 1. The second kappa shape index (κ2) is 6.44. The van der Waals surface area contributed by atoms with Crippen LogP contribution in [0.25, 0.3) is 5.82 Å². The molecule has 2 aromatic heterocycles. The van der Waals surface area contributed by atoms with Gasteiger partial charge in [0, 0.05) is 6.20 Å². The Labute approximate surface area is 142 Å². The normalized spacial score (nSPS) is 10.4. The molecular formula is C17H14N4O4. The second-order valence-corrected chi connectivity index (χ2v) is 5.23. The lowest BCUT2D eigenvalue weighted by atomic mass is 10.1. The fourth-order valence-corrected chi connectivity index (χ4v) is 2.30. The number of nitrogens with zero attached hydrogens (tertiary/aromatic N) is 3. The van der Waals surface area contributed by atoms with E-state index in [2.05, 4.69) is 15.4 Å². The van der Waals surface area contributed by atoms with E-state index in [1.54, 1.807) is 31.3 Å². The largest absolute Gasteiger partial charge is 0.506 e. The third-order valence-corrected chi connectivity index (χ3v) is 3.61. The van der Waals surface area contributed by atoms with Crippen molar-refractivity contribution in [3.63, 3.8) is 0 Å². The lowest BCUT2D eigenvalue weighted by Gasteiger charge is -2.08. The highest BCUT2D eigenvalue weighted by Crippen LogP contribution is 2.25. The number of aromatic carboxylic acids is 1. The number of rotatable bonds is 4. The predicted molar refractivity (Wildman–Crippen MR) is 89.1 cm³/mol. The van der Waals surface area contributed by atoms with Gasteiger partial charge in [0.25, 0.3) is 5.91 Å². The number of aromatic nitrogens is 3. The number of hydrogen-bond donors (Lipinski definition) is 3. The maximum atomic E-state index is 12.5. The molecule has 0 saturated carbocycles. The van der Waals surface area contributed by atoms with E-state index < -0.39 is 11.9 Å². The van der Waals surface area contributed by atoms with Crippen LogP contribution in [0, 0.1) is 6.92 Å². The molecule has 0 unspecified atom stereocenters. The number of nitrogens with one attached hydrogen (secondary N) is 1. The average molecular weight is 338 g/mol. The predicted octanol–water partition coefficient (Wildman–Crippen LogP) is 2.23. The van der Waals surface area contributed by atoms with Gasteiger partial charge in [0.05, 0.1) is 28.7 Å². The summed E-state index contributed by atoms with van der Waals surface area (Å²) in [6, 6.07) is 8.98. The first-order chi connectivity index (χ1) is 12.0. The molecule has 3 aromatic rings. The van der Waals surface area contributed by atoms with Gasteiger partial charge in [-0.3, -0.25) is 4.79 Å². The molecule has 3 rings (SSSR count). The molecule has 8 heteroatoms. The van der Waals surface area contributed by atoms with E-state index in [9.17, 15) is 14.7 Å². The van der Waals surface area contributed by atoms with Crippen molar-refractivity contribution in [1.82, 2.24) is 14.8 Å². The van der Waals surface area contributed by atoms with E-state index in [0.29, 0.717) is 11.5 Å². The fraction of sp³-hybridized carbons (Fsp3) is 0.0588. The Bertz CT molecular complexity index is 951. The van der Waals surface area contributed by atoms with Crippen LogP contribution < -0.4 is 5.32 Å². The summed E-state index contributed by atoms with van der Waals surface area (Å²) in [6.45, 7) is 1.71. The number of carbonyl (C=O) groups is 2. The molecule has 0 spiro atoms. The molecule has 0 aliphatic heterocycles. The van der Waals surface area contributed by atoms with Crippen molar-refractivity contribution in [3.8, 4) is 11.6 Å². The SMILES string of the molecule is Cc1c(C(=O)Nc2cc(C(=O)O)ccc2O)cnn1-c1ccccn1. The number of phenolic OH excluding ortho intramolecular Hbond substituents is 1. The number of anilines is 1. The molecule has 0 radical (unpaired) electrons. The summed E-state index contributed by atoms with van der Waals surface area (Å²) >= 11 is 0. The van der Waals surface area contributed by atoms with Gasteiger partial charge in [-0.2, -0.15) is 5.10 Å². The van der Waals surface area contributed by atoms with Gasteiger partial charge >= 0.3 is 5.97 Å². The summed E-state index contributed by atoms with van der Waals surface area (Å²) in [6.07, 6.45) is 3.00. The number of carboxylic acids is 1. The Morgan fingerprint density at radius 3 is 2.68 bits per heavy atom. The number of benzene rings is 1. The maximum Gasteiger partial charge on any atom is 0.335 e. The Kier molecular flexibility index (Phi) is 4.17. The highest BCUT2D eigenvalue weighted by molar-refractivity contribution is 6.06. The van der Waals surface area contributed by atoms with E-state index in [1.165, 1.54) is 29.1 Å². The molecule has 8 nitrogen and oxygen atoms in total. The van der Waals surface area contributed by atoms with Crippen molar-refractivity contribution in [3.05, 3.63) is 65.6 Å². The van der Waals surface area contributed by atoms with Crippen LogP contribution in [-0.2, 0) is 0 Å². The monoisotopic (exact) mass is 338 g/mol. The number of hydrogen-bond acceptors (Lipinski definition) is 5. The highest BCUT2D eigenvalue weighted by atomic mass is 16.4. The van der Waals surface area contributed by atoms with Crippen LogP contribution in [0.15, 0.2) is 48.8 Å². The summed E-state index contributed by atoms with van der Waals surface area (Å²) in [4.78, 5) is 27.7. The minimum absolute atomic E-state index is 0.00915. The number of phenols is 1. The molecule has 126 valence electrons. The summed E-state index contributed by atoms with van der Waals surface area (Å²) in [5.74, 6) is -1.34. The Morgan fingerprint density at radius 1 is 1.20 bits per heavy atom. The van der Waals surface area contributed by atoms with Crippen LogP contribution in [0.5, 0.6) is 5.75 Å². The van der Waals surface area contributed by atoms with Gasteiger partial charge in [-0.05, 0) is 37.3 Å². The maximum absolute atomic E-state index is 12.5. The van der Waals surface area contributed by atoms with Gasteiger partial charge in [-0.15, -0.1) is 0 Å². The van der Waals surface area contributed by atoms with Crippen molar-refractivity contribution >= 4 is 17.6 Å². The van der Waals surface area contributed by atoms with E-state index in [4.69, 9.17) is 5.11 Å². The number of aromatic hydroxyl groups is 1. The minimum atomic E-state index is -1.16. The summed E-state index contributed by atoms with van der Waals surface area (Å²) in [5.41, 5.74) is 0.805. The zero-order valence-corrected chi connectivity index (χ0v) is 13.2. The van der Waals surface area contributed by atoms with Gasteiger partial charge in [-0.1, -0.05) is 6.07 Å². The van der Waals surface area contributed by atoms with Crippen LogP contribution in [0.1, 0.15) is 26.4 Å². The fourth-order valence-electron chi connectivity index (χ4n) is 2.30. The Hall–Kier alpha value is -3.68. The van der Waals surface area contributed by atoms with Crippen LogP contribution in [0.4, 0.5) is 5.69 Å². The van der Waals surface area contributed by atoms with Crippen molar-refractivity contribution in [2.45, 2.75) is 6.92 Å². The zero-order chi connectivity index (χ0) is 18.0. The Morgan fingerprint density at radius 2 is 2.00 bits per heavy atom. The van der Waals surface area contributed by atoms with Gasteiger partial charge < -0.3 is 15.5 Å². The van der Waals surface area contributed by atoms with Gasteiger partial charge in [0.15, 0.2) is 5.82 Å². The molecule has 0 fully saturated rings. The lowest BCUT2D eigenvalue weighted by Crippen LogP contribution is -2.14. The van der Waals surface area contributed by atoms with Crippen LogP contribution >= 0.6 is 0 Å². The highest BCUT2D eigenvalue weighted by Gasteiger charge is 2.17. The van der Waals surface area contributed by atoms with Crippen molar-refractivity contribution in [1.29, 1.82) is 0 Å². The smallest absolute Gasteiger partial charge is 0.335 e. The molecule has 1 aromatic carbocycles. The molecule has 1 amide bonds. The molecular weight excluding hydrogens is 324 g/mol. The molecule has 0 atom stereocenters. The molecule has 2 heterocycles. The first kappa shape index (κ1) is 16.2. The number of carbonyl (C=O) groups excluding carboxylic acids is 1.